The molecule has 3 aromatic rings. The van der Waals surface area contributed by atoms with E-state index < -0.39 is 11.7 Å². The standard InChI is InChI=1S/C28H28FN3O4/c1-17-4-13-25(36-3)24(14-17)32-16-21(15-26(32)33)28(35)30-18(2)19-7-11-23(12-8-19)31-27(34)20-5-9-22(29)10-6-20/h4-14,18,21H,15-16H2,1-3H3,(H,30,35)(H,31,34). The van der Waals surface area contributed by atoms with E-state index in [1.165, 1.54) is 24.3 Å². The van der Waals surface area contributed by atoms with Gasteiger partial charge in [-0.25, -0.2) is 4.39 Å². The highest BCUT2D eigenvalue weighted by atomic mass is 19.1. The van der Waals surface area contributed by atoms with Crippen molar-refractivity contribution in [2.45, 2.75) is 26.3 Å². The molecule has 2 unspecified atom stereocenters. The summed E-state index contributed by atoms with van der Waals surface area (Å²) in [6.07, 6.45) is 0.129. The maximum Gasteiger partial charge on any atom is 0.255 e. The third-order valence-electron chi connectivity index (χ3n) is 6.25. The number of anilines is 2. The lowest BCUT2D eigenvalue weighted by Gasteiger charge is -2.21. The van der Waals surface area contributed by atoms with Gasteiger partial charge in [-0.15, -0.1) is 0 Å². The maximum atomic E-state index is 13.1. The molecule has 4 rings (SSSR count). The summed E-state index contributed by atoms with van der Waals surface area (Å²) in [5.74, 6) is -0.942. The fraction of sp³-hybridized carbons (Fsp3) is 0.250. The normalized spacial score (nSPS) is 15.9. The minimum absolute atomic E-state index is 0.118. The van der Waals surface area contributed by atoms with E-state index in [1.54, 1.807) is 24.1 Å². The van der Waals surface area contributed by atoms with Gasteiger partial charge in [0, 0.05) is 24.2 Å². The molecule has 1 saturated heterocycles. The number of nitrogens with one attached hydrogen (secondary N) is 2. The summed E-state index contributed by atoms with van der Waals surface area (Å²) in [6.45, 7) is 4.09. The summed E-state index contributed by atoms with van der Waals surface area (Å²) >= 11 is 0. The van der Waals surface area contributed by atoms with E-state index in [9.17, 15) is 18.8 Å². The lowest BCUT2D eigenvalue weighted by Crippen LogP contribution is -2.34. The van der Waals surface area contributed by atoms with Gasteiger partial charge in [0.1, 0.15) is 11.6 Å². The Labute approximate surface area is 209 Å². The predicted octanol–water partition coefficient (Wildman–Crippen LogP) is 4.63. The van der Waals surface area contributed by atoms with Crippen molar-refractivity contribution < 1.29 is 23.5 Å². The summed E-state index contributed by atoms with van der Waals surface area (Å²) < 4.78 is 18.5. The zero-order chi connectivity index (χ0) is 25.8. The molecule has 3 amide bonds. The van der Waals surface area contributed by atoms with E-state index in [0.29, 0.717) is 22.7 Å². The second-order valence-corrected chi connectivity index (χ2v) is 8.89. The zero-order valence-electron chi connectivity index (χ0n) is 20.4. The fourth-order valence-electron chi connectivity index (χ4n) is 4.20. The van der Waals surface area contributed by atoms with E-state index in [2.05, 4.69) is 10.6 Å². The van der Waals surface area contributed by atoms with Gasteiger partial charge in [-0.2, -0.15) is 0 Å². The number of halogens is 1. The lowest BCUT2D eigenvalue weighted by atomic mass is 10.0. The van der Waals surface area contributed by atoms with Crippen molar-refractivity contribution in [1.29, 1.82) is 0 Å². The Morgan fingerprint density at radius 2 is 1.75 bits per heavy atom. The van der Waals surface area contributed by atoms with Crippen LogP contribution in [0.3, 0.4) is 0 Å². The molecule has 0 radical (unpaired) electrons. The van der Waals surface area contributed by atoms with Crippen molar-refractivity contribution in [3.8, 4) is 5.75 Å². The predicted molar refractivity (Wildman–Crippen MR) is 136 cm³/mol. The molecule has 1 fully saturated rings. The van der Waals surface area contributed by atoms with Crippen LogP contribution in [0.2, 0.25) is 0 Å². The molecule has 2 N–H and O–H groups in total. The van der Waals surface area contributed by atoms with Gasteiger partial charge >= 0.3 is 0 Å². The second kappa shape index (κ2) is 10.6. The molecule has 1 heterocycles. The van der Waals surface area contributed by atoms with Crippen LogP contribution in [0.1, 0.15) is 40.9 Å². The molecular formula is C28H28FN3O4. The minimum Gasteiger partial charge on any atom is -0.495 e. The first kappa shape index (κ1) is 24.9. The van der Waals surface area contributed by atoms with E-state index in [4.69, 9.17) is 4.74 Å². The largest absolute Gasteiger partial charge is 0.495 e. The summed E-state index contributed by atoms with van der Waals surface area (Å²) in [6, 6.07) is 17.7. The Morgan fingerprint density at radius 1 is 1.06 bits per heavy atom. The third kappa shape index (κ3) is 5.54. The number of carbonyl (C=O) groups is 3. The molecule has 1 aliphatic rings. The van der Waals surface area contributed by atoms with Crippen LogP contribution in [-0.4, -0.2) is 31.4 Å². The summed E-state index contributed by atoms with van der Waals surface area (Å²) in [7, 11) is 1.56. The number of hydrogen-bond donors (Lipinski definition) is 2. The molecule has 0 bridgehead atoms. The topological polar surface area (TPSA) is 87.7 Å². The summed E-state index contributed by atoms with van der Waals surface area (Å²) in [5.41, 5.74) is 3.45. The van der Waals surface area contributed by atoms with Crippen molar-refractivity contribution in [3.05, 3.63) is 89.2 Å². The van der Waals surface area contributed by atoms with Gasteiger partial charge < -0.3 is 20.3 Å². The minimum atomic E-state index is -0.473. The van der Waals surface area contributed by atoms with Crippen molar-refractivity contribution in [2.75, 3.05) is 23.9 Å². The molecule has 0 spiro atoms. The molecule has 36 heavy (non-hydrogen) atoms. The summed E-state index contributed by atoms with van der Waals surface area (Å²) in [5, 5.41) is 5.76. The molecule has 0 saturated carbocycles. The van der Waals surface area contributed by atoms with Crippen LogP contribution in [0.25, 0.3) is 0 Å². The van der Waals surface area contributed by atoms with E-state index in [-0.39, 0.29) is 36.7 Å². The van der Waals surface area contributed by atoms with E-state index in [0.717, 1.165) is 11.1 Å². The number of benzene rings is 3. The number of methoxy groups -OCH3 is 1. The smallest absolute Gasteiger partial charge is 0.255 e. The average molecular weight is 490 g/mol. The van der Waals surface area contributed by atoms with Gasteiger partial charge in [-0.05, 0) is 73.5 Å². The average Bonchev–Trinajstić information content (AvgIpc) is 3.26. The quantitative estimate of drug-likeness (QED) is 0.507. The van der Waals surface area contributed by atoms with Gasteiger partial charge in [0.15, 0.2) is 0 Å². The van der Waals surface area contributed by atoms with Crippen LogP contribution in [0, 0.1) is 18.7 Å². The lowest BCUT2D eigenvalue weighted by molar-refractivity contribution is -0.126. The van der Waals surface area contributed by atoms with Crippen LogP contribution >= 0.6 is 0 Å². The highest BCUT2D eigenvalue weighted by Gasteiger charge is 2.36. The Kier molecular flexibility index (Phi) is 7.33. The van der Waals surface area contributed by atoms with Crippen LogP contribution in [-0.2, 0) is 9.59 Å². The number of hydrogen-bond acceptors (Lipinski definition) is 4. The first-order valence-corrected chi connectivity index (χ1v) is 11.7. The number of aryl methyl sites for hydroxylation is 1. The van der Waals surface area contributed by atoms with E-state index >= 15 is 0 Å². The Balaban J connectivity index is 1.36. The highest BCUT2D eigenvalue weighted by Crippen LogP contribution is 2.34. The van der Waals surface area contributed by atoms with Crippen molar-refractivity contribution in [2.24, 2.45) is 5.92 Å². The monoisotopic (exact) mass is 489 g/mol. The number of carbonyl (C=O) groups excluding carboxylic acids is 3. The van der Waals surface area contributed by atoms with Crippen molar-refractivity contribution >= 4 is 29.1 Å². The summed E-state index contributed by atoms with van der Waals surface area (Å²) in [4.78, 5) is 39.6. The van der Waals surface area contributed by atoms with Crippen LogP contribution < -0.4 is 20.3 Å². The van der Waals surface area contributed by atoms with Gasteiger partial charge in [0.25, 0.3) is 5.91 Å². The molecule has 1 aliphatic heterocycles. The molecule has 186 valence electrons. The second-order valence-electron chi connectivity index (χ2n) is 8.89. The molecular weight excluding hydrogens is 461 g/mol. The Morgan fingerprint density at radius 3 is 2.42 bits per heavy atom. The SMILES string of the molecule is COc1ccc(C)cc1N1CC(C(=O)NC(C)c2ccc(NC(=O)c3ccc(F)cc3)cc2)CC1=O. The number of amides is 3. The number of ether oxygens (including phenoxy) is 1. The molecule has 7 nitrogen and oxygen atoms in total. The number of rotatable bonds is 7. The Bertz CT molecular complexity index is 1270. The van der Waals surface area contributed by atoms with Gasteiger partial charge in [-0.1, -0.05) is 18.2 Å². The highest BCUT2D eigenvalue weighted by molar-refractivity contribution is 6.04. The molecule has 2 atom stereocenters. The molecule has 3 aromatic carbocycles. The maximum absolute atomic E-state index is 13.1. The van der Waals surface area contributed by atoms with Crippen LogP contribution in [0.5, 0.6) is 5.75 Å². The molecule has 0 aliphatic carbocycles. The van der Waals surface area contributed by atoms with Crippen LogP contribution in [0.15, 0.2) is 66.7 Å². The first-order valence-electron chi connectivity index (χ1n) is 11.7. The molecule has 8 heteroatoms. The zero-order valence-corrected chi connectivity index (χ0v) is 20.4. The fourth-order valence-corrected chi connectivity index (χ4v) is 4.20. The first-order chi connectivity index (χ1) is 17.2. The van der Waals surface area contributed by atoms with Gasteiger partial charge in [0.2, 0.25) is 11.8 Å². The third-order valence-corrected chi connectivity index (χ3v) is 6.25. The van der Waals surface area contributed by atoms with Gasteiger partial charge in [-0.3, -0.25) is 14.4 Å². The van der Waals surface area contributed by atoms with E-state index in [1.807, 2.05) is 44.2 Å². The molecule has 0 aromatic heterocycles. The van der Waals surface area contributed by atoms with Gasteiger partial charge in [0.05, 0.1) is 24.8 Å². The Hall–Kier alpha value is -4.20. The number of nitrogens with zero attached hydrogens (tertiary/aromatic N) is 1. The van der Waals surface area contributed by atoms with Crippen LogP contribution in [0.4, 0.5) is 15.8 Å². The van der Waals surface area contributed by atoms with Crippen molar-refractivity contribution in [1.82, 2.24) is 5.32 Å². The van der Waals surface area contributed by atoms with Crippen molar-refractivity contribution in [3.63, 3.8) is 0 Å².